The molecular formula is C11H14N4. The third-order valence-electron chi connectivity index (χ3n) is 2.81. The van der Waals surface area contributed by atoms with Gasteiger partial charge in [-0.15, -0.1) is 10.2 Å². The molecule has 2 aromatic rings. The van der Waals surface area contributed by atoms with Crippen molar-refractivity contribution < 1.29 is 0 Å². The van der Waals surface area contributed by atoms with Crippen molar-refractivity contribution in [3.05, 3.63) is 29.7 Å². The Kier molecular flexibility index (Phi) is 1.95. The first kappa shape index (κ1) is 8.85. The van der Waals surface area contributed by atoms with E-state index >= 15 is 0 Å². The van der Waals surface area contributed by atoms with E-state index in [0.29, 0.717) is 5.92 Å². The highest BCUT2D eigenvalue weighted by molar-refractivity contribution is 5.40. The molecule has 4 nitrogen and oxygen atoms in total. The monoisotopic (exact) mass is 202 g/mol. The topological polar surface area (TPSA) is 42.2 Å². The third-order valence-corrected chi connectivity index (χ3v) is 2.81. The molecule has 4 heteroatoms. The van der Waals surface area contributed by atoms with Gasteiger partial charge in [0.25, 0.3) is 0 Å². The van der Waals surface area contributed by atoms with Crippen LogP contribution in [0.5, 0.6) is 0 Å². The second-order valence-corrected chi connectivity index (χ2v) is 4.13. The first-order chi connectivity index (χ1) is 7.38. The van der Waals surface area contributed by atoms with E-state index in [4.69, 9.17) is 0 Å². The lowest BCUT2D eigenvalue weighted by molar-refractivity contribution is 0.805. The lowest BCUT2D eigenvalue weighted by Crippen LogP contribution is -2.06. The predicted molar refractivity (Wildman–Crippen MR) is 57.7 cm³/mol. The van der Waals surface area contributed by atoms with E-state index in [1.165, 1.54) is 18.4 Å². The number of nitrogens with one attached hydrogen (secondary N) is 1. The molecule has 3 rings (SSSR count). The first-order valence-electron chi connectivity index (χ1n) is 5.36. The van der Waals surface area contributed by atoms with Crippen molar-refractivity contribution >= 4 is 5.65 Å². The van der Waals surface area contributed by atoms with Crippen molar-refractivity contribution in [2.75, 3.05) is 7.05 Å². The molecule has 0 radical (unpaired) electrons. The van der Waals surface area contributed by atoms with E-state index in [-0.39, 0.29) is 0 Å². The molecule has 0 amide bonds. The zero-order chi connectivity index (χ0) is 10.3. The van der Waals surface area contributed by atoms with Gasteiger partial charge in [0.2, 0.25) is 0 Å². The van der Waals surface area contributed by atoms with Crippen molar-refractivity contribution in [2.24, 2.45) is 0 Å². The number of nitrogens with zero attached hydrogens (tertiary/aromatic N) is 3. The Labute approximate surface area is 88.3 Å². The molecule has 0 aliphatic heterocycles. The number of pyridine rings is 1. The maximum atomic E-state index is 4.25. The average Bonchev–Trinajstić information content (AvgIpc) is 3.00. The van der Waals surface area contributed by atoms with Crippen LogP contribution in [0.25, 0.3) is 5.65 Å². The summed E-state index contributed by atoms with van der Waals surface area (Å²) in [5, 5.41) is 11.6. The molecule has 2 aromatic heterocycles. The summed E-state index contributed by atoms with van der Waals surface area (Å²) < 4.78 is 2.13. The highest BCUT2D eigenvalue weighted by Crippen LogP contribution is 2.38. The van der Waals surface area contributed by atoms with E-state index in [0.717, 1.165) is 18.0 Å². The van der Waals surface area contributed by atoms with Crippen molar-refractivity contribution in [3.8, 4) is 0 Å². The van der Waals surface area contributed by atoms with Crippen LogP contribution < -0.4 is 5.32 Å². The van der Waals surface area contributed by atoms with Crippen LogP contribution in [0.3, 0.4) is 0 Å². The van der Waals surface area contributed by atoms with E-state index < -0.39 is 0 Å². The van der Waals surface area contributed by atoms with Gasteiger partial charge in [-0.2, -0.15) is 0 Å². The molecule has 0 spiro atoms. The summed E-state index contributed by atoms with van der Waals surface area (Å²) in [5.41, 5.74) is 2.23. The molecule has 0 aromatic carbocycles. The second-order valence-electron chi connectivity index (χ2n) is 4.13. The normalized spacial score (nSPS) is 16.1. The number of hydrogen-bond donors (Lipinski definition) is 1. The number of aromatic nitrogens is 3. The highest BCUT2D eigenvalue weighted by Gasteiger charge is 2.28. The molecule has 0 unspecified atom stereocenters. The van der Waals surface area contributed by atoms with Crippen LogP contribution >= 0.6 is 0 Å². The largest absolute Gasteiger partial charge is 0.316 e. The summed E-state index contributed by atoms with van der Waals surface area (Å²) in [6.45, 7) is 0.887. The minimum atomic E-state index is 0.643. The maximum absolute atomic E-state index is 4.25. The lowest BCUT2D eigenvalue weighted by atomic mass is 10.3. The van der Waals surface area contributed by atoms with Crippen LogP contribution in [-0.2, 0) is 6.54 Å². The Morgan fingerprint density at radius 3 is 3.00 bits per heavy atom. The van der Waals surface area contributed by atoms with Gasteiger partial charge >= 0.3 is 0 Å². The van der Waals surface area contributed by atoms with E-state index in [1.54, 1.807) is 0 Å². The minimum absolute atomic E-state index is 0.643. The van der Waals surface area contributed by atoms with Crippen LogP contribution in [0.2, 0.25) is 0 Å². The molecule has 1 aliphatic carbocycles. The van der Waals surface area contributed by atoms with Gasteiger partial charge in [-0.25, -0.2) is 0 Å². The molecule has 15 heavy (non-hydrogen) atoms. The summed E-state index contributed by atoms with van der Waals surface area (Å²) in [4.78, 5) is 0. The van der Waals surface area contributed by atoms with Crippen LogP contribution in [0.1, 0.15) is 30.1 Å². The van der Waals surface area contributed by atoms with Crippen molar-refractivity contribution in [1.29, 1.82) is 0 Å². The summed E-state index contributed by atoms with van der Waals surface area (Å²) in [6, 6.07) is 4.13. The van der Waals surface area contributed by atoms with Gasteiger partial charge in [-0.3, -0.25) is 4.40 Å². The van der Waals surface area contributed by atoms with Gasteiger partial charge in [0.15, 0.2) is 5.65 Å². The molecule has 1 N–H and O–H groups in total. The van der Waals surface area contributed by atoms with Gasteiger partial charge in [0, 0.05) is 18.7 Å². The quantitative estimate of drug-likeness (QED) is 0.816. The van der Waals surface area contributed by atoms with Gasteiger partial charge in [-0.1, -0.05) is 6.07 Å². The smallest absolute Gasteiger partial charge is 0.160 e. The van der Waals surface area contributed by atoms with Crippen LogP contribution in [0.4, 0.5) is 0 Å². The molecule has 78 valence electrons. The highest BCUT2D eigenvalue weighted by atomic mass is 15.2. The molecule has 2 heterocycles. The summed E-state index contributed by atoms with van der Waals surface area (Å²) >= 11 is 0. The molecule has 0 bridgehead atoms. The molecule has 0 saturated heterocycles. The fourth-order valence-corrected chi connectivity index (χ4v) is 1.88. The molecule has 1 fully saturated rings. The van der Waals surface area contributed by atoms with Crippen molar-refractivity contribution in [2.45, 2.75) is 25.3 Å². The van der Waals surface area contributed by atoms with Gasteiger partial charge in [0.1, 0.15) is 5.82 Å². The molecule has 1 aliphatic rings. The number of fused-ring (bicyclic) bond motifs is 1. The Morgan fingerprint density at radius 1 is 1.40 bits per heavy atom. The SMILES string of the molecule is CNCc1ccc2nnc(C3CC3)n2c1. The van der Waals surface area contributed by atoms with Crippen molar-refractivity contribution in [3.63, 3.8) is 0 Å². The van der Waals surface area contributed by atoms with Gasteiger partial charge < -0.3 is 5.32 Å². The van der Waals surface area contributed by atoms with Crippen LogP contribution in [0, 0.1) is 0 Å². The molecule has 1 saturated carbocycles. The Morgan fingerprint density at radius 2 is 2.27 bits per heavy atom. The fourth-order valence-electron chi connectivity index (χ4n) is 1.88. The second kappa shape index (κ2) is 3.31. The van der Waals surface area contributed by atoms with Crippen molar-refractivity contribution in [1.82, 2.24) is 19.9 Å². The fraction of sp³-hybridized carbons (Fsp3) is 0.455. The summed E-state index contributed by atoms with van der Waals surface area (Å²) in [5.74, 6) is 1.77. The zero-order valence-corrected chi connectivity index (χ0v) is 8.77. The number of rotatable bonds is 3. The summed E-state index contributed by atoms with van der Waals surface area (Å²) in [7, 11) is 1.96. The lowest BCUT2D eigenvalue weighted by Gasteiger charge is -2.02. The van der Waals surface area contributed by atoms with E-state index in [2.05, 4.69) is 32.2 Å². The van der Waals surface area contributed by atoms with Gasteiger partial charge in [0.05, 0.1) is 0 Å². The maximum Gasteiger partial charge on any atom is 0.160 e. The minimum Gasteiger partial charge on any atom is -0.316 e. The summed E-state index contributed by atoms with van der Waals surface area (Å²) in [6.07, 6.45) is 4.66. The Balaban J connectivity index is 2.09. The van der Waals surface area contributed by atoms with Gasteiger partial charge in [-0.05, 0) is 31.5 Å². The zero-order valence-electron chi connectivity index (χ0n) is 8.77. The molecule has 0 atom stereocenters. The van der Waals surface area contributed by atoms with E-state index in [1.807, 2.05) is 13.1 Å². The Bertz CT molecular complexity index is 484. The predicted octanol–water partition coefficient (Wildman–Crippen LogP) is 1.33. The Hall–Kier alpha value is -1.42. The first-order valence-corrected chi connectivity index (χ1v) is 5.36. The van der Waals surface area contributed by atoms with Crippen LogP contribution in [0.15, 0.2) is 18.3 Å². The third kappa shape index (κ3) is 1.51. The average molecular weight is 202 g/mol. The van der Waals surface area contributed by atoms with Crippen LogP contribution in [-0.4, -0.2) is 21.6 Å². The number of hydrogen-bond acceptors (Lipinski definition) is 3. The standard InChI is InChI=1S/C11H14N4/c1-12-6-8-2-5-10-13-14-11(9-3-4-9)15(10)7-8/h2,5,7,9,12H,3-4,6H2,1H3. The van der Waals surface area contributed by atoms with E-state index in [9.17, 15) is 0 Å². The molecular weight excluding hydrogens is 188 g/mol.